The Labute approximate surface area is 140 Å². The molecule has 22 heavy (non-hydrogen) atoms. The van der Waals surface area contributed by atoms with Gasteiger partial charge in [-0.1, -0.05) is 0 Å². The molecule has 1 saturated heterocycles. The molecule has 124 valence electrons. The minimum absolute atomic E-state index is 0.158. The Hall–Kier alpha value is -0.830. The van der Waals surface area contributed by atoms with E-state index in [1.807, 2.05) is 7.05 Å². The average Bonchev–Trinajstić information content (AvgIpc) is 2.54. The van der Waals surface area contributed by atoms with E-state index in [0.717, 1.165) is 12.8 Å². The summed E-state index contributed by atoms with van der Waals surface area (Å²) >= 11 is 3.33. The highest BCUT2D eigenvalue weighted by atomic mass is 79.9. The lowest BCUT2D eigenvalue weighted by atomic mass is 10.1. The summed E-state index contributed by atoms with van der Waals surface area (Å²) in [5, 5.41) is 3.19. The first-order chi connectivity index (χ1) is 10.4. The fraction of sp³-hybridized carbons (Fsp3) is 0.571. The first-order valence-electron chi connectivity index (χ1n) is 7.03. The second-order valence-electron chi connectivity index (χ2n) is 5.10. The number of rotatable bonds is 5. The predicted molar refractivity (Wildman–Crippen MR) is 88.1 cm³/mol. The molecule has 0 aliphatic carbocycles. The molecule has 1 N–H and O–H groups in total. The largest absolute Gasteiger partial charge is 0.495 e. The molecular weight excluding hydrogens is 372 g/mol. The molecule has 0 spiro atoms. The van der Waals surface area contributed by atoms with Crippen LogP contribution in [0, 0.1) is 0 Å². The minimum Gasteiger partial charge on any atom is -0.495 e. The third-order valence-electron chi connectivity index (χ3n) is 3.92. The Morgan fingerprint density at radius 1 is 1.18 bits per heavy atom. The van der Waals surface area contributed by atoms with Crippen molar-refractivity contribution in [1.82, 2.24) is 9.62 Å². The maximum atomic E-state index is 12.9. The summed E-state index contributed by atoms with van der Waals surface area (Å²) in [6.45, 7) is 1.00. The Morgan fingerprint density at radius 3 is 2.27 bits per heavy atom. The van der Waals surface area contributed by atoms with Gasteiger partial charge in [-0.05, 0) is 41.9 Å². The SMILES string of the molecule is CNC1CCN(S(=O)(=O)c2cc(Br)c(OC)cc2OC)CC1. The molecule has 1 aliphatic rings. The van der Waals surface area contributed by atoms with Crippen molar-refractivity contribution >= 4 is 26.0 Å². The van der Waals surface area contributed by atoms with Gasteiger partial charge < -0.3 is 14.8 Å². The Kier molecular flexibility index (Phi) is 5.70. The zero-order valence-electron chi connectivity index (χ0n) is 12.9. The summed E-state index contributed by atoms with van der Waals surface area (Å²) in [7, 11) is 1.29. The van der Waals surface area contributed by atoms with E-state index in [2.05, 4.69) is 21.2 Å². The van der Waals surface area contributed by atoms with Crippen LogP contribution in [0.5, 0.6) is 11.5 Å². The van der Waals surface area contributed by atoms with Gasteiger partial charge in [0.15, 0.2) is 0 Å². The van der Waals surface area contributed by atoms with Gasteiger partial charge in [0.1, 0.15) is 16.4 Å². The molecule has 0 atom stereocenters. The van der Waals surface area contributed by atoms with Crippen LogP contribution in [0.4, 0.5) is 0 Å². The summed E-state index contributed by atoms with van der Waals surface area (Å²) in [6, 6.07) is 3.49. The van der Waals surface area contributed by atoms with E-state index < -0.39 is 10.0 Å². The molecule has 1 aliphatic heterocycles. The van der Waals surface area contributed by atoms with E-state index in [9.17, 15) is 8.42 Å². The fourth-order valence-electron chi connectivity index (χ4n) is 2.56. The van der Waals surface area contributed by atoms with E-state index in [1.165, 1.54) is 24.6 Å². The molecule has 1 aromatic carbocycles. The van der Waals surface area contributed by atoms with Crippen LogP contribution in [-0.2, 0) is 10.0 Å². The maximum Gasteiger partial charge on any atom is 0.246 e. The van der Waals surface area contributed by atoms with Crippen molar-refractivity contribution < 1.29 is 17.9 Å². The molecule has 0 aromatic heterocycles. The van der Waals surface area contributed by atoms with Crippen LogP contribution < -0.4 is 14.8 Å². The number of halogens is 1. The first-order valence-corrected chi connectivity index (χ1v) is 9.26. The number of benzene rings is 1. The molecular formula is C14H21BrN2O4S. The number of hydrogen-bond acceptors (Lipinski definition) is 5. The van der Waals surface area contributed by atoms with E-state index in [4.69, 9.17) is 9.47 Å². The van der Waals surface area contributed by atoms with Gasteiger partial charge in [0.05, 0.1) is 18.7 Å². The summed E-state index contributed by atoms with van der Waals surface area (Å²) in [4.78, 5) is 0.158. The van der Waals surface area contributed by atoms with E-state index in [0.29, 0.717) is 29.4 Å². The van der Waals surface area contributed by atoms with Gasteiger partial charge in [-0.25, -0.2) is 8.42 Å². The quantitative estimate of drug-likeness (QED) is 0.827. The summed E-state index contributed by atoms with van der Waals surface area (Å²) < 4.78 is 38.3. The summed E-state index contributed by atoms with van der Waals surface area (Å²) in [5.74, 6) is 0.820. The first kappa shape index (κ1) is 17.5. The number of piperidine rings is 1. The van der Waals surface area contributed by atoms with Gasteiger partial charge in [-0.3, -0.25) is 0 Å². The van der Waals surface area contributed by atoms with Crippen LogP contribution in [0.2, 0.25) is 0 Å². The van der Waals surface area contributed by atoms with Crippen LogP contribution in [0.25, 0.3) is 0 Å². The van der Waals surface area contributed by atoms with Crippen LogP contribution in [0.3, 0.4) is 0 Å². The monoisotopic (exact) mass is 392 g/mol. The lowest BCUT2D eigenvalue weighted by molar-refractivity contribution is 0.297. The van der Waals surface area contributed by atoms with E-state index >= 15 is 0 Å². The normalized spacial score (nSPS) is 17.5. The van der Waals surface area contributed by atoms with Gasteiger partial charge in [0, 0.05) is 25.2 Å². The molecule has 0 saturated carbocycles. The number of sulfonamides is 1. The lowest BCUT2D eigenvalue weighted by Gasteiger charge is -2.31. The minimum atomic E-state index is -3.59. The summed E-state index contributed by atoms with van der Waals surface area (Å²) in [6.07, 6.45) is 1.60. The molecule has 0 bridgehead atoms. The Morgan fingerprint density at radius 2 is 1.77 bits per heavy atom. The smallest absolute Gasteiger partial charge is 0.246 e. The van der Waals surface area contributed by atoms with Crippen molar-refractivity contribution in [2.45, 2.75) is 23.8 Å². The van der Waals surface area contributed by atoms with Gasteiger partial charge in [0.25, 0.3) is 0 Å². The van der Waals surface area contributed by atoms with Crippen LogP contribution >= 0.6 is 15.9 Å². The molecule has 1 aromatic rings. The molecule has 1 fully saturated rings. The number of nitrogens with zero attached hydrogens (tertiary/aromatic N) is 1. The molecule has 0 amide bonds. The number of hydrogen-bond donors (Lipinski definition) is 1. The third-order valence-corrected chi connectivity index (χ3v) is 6.46. The molecule has 6 nitrogen and oxygen atoms in total. The van der Waals surface area contributed by atoms with Crippen molar-refractivity contribution in [3.05, 3.63) is 16.6 Å². The van der Waals surface area contributed by atoms with Gasteiger partial charge >= 0.3 is 0 Å². The zero-order valence-corrected chi connectivity index (χ0v) is 15.3. The van der Waals surface area contributed by atoms with E-state index in [-0.39, 0.29) is 10.6 Å². The highest BCUT2D eigenvalue weighted by Gasteiger charge is 2.32. The zero-order chi connectivity index (χ0) is 16.3. The van der Waals surface area contributed by atoms with Crippen molar-refractivity contribution in [2.24, 2.45) is 0 Å². The molecule has 2 rings (SSSR count). The van der Waals surface area contributed by atoms with Crippen molar-refractivity contribution in [3.8, 4) is 11.5 Å². The predicted octanol–water partition coefficient (Wildman–Crippen LogP) is 1.84. The molecule has 0 radical (unpaired) electrons. The second kappa shape index (κ2) is 7.16. The standard InChI is InChI=1S/C14H21BrN2O4S/c1-16-10-4-6-17(7-5-10)22(18,19)14-8-11(15)12(20-2)9-13(14)21-3/h8-10,16H,4-7H2,1-3H3. The van der Waals surface area contributed by atoms with Crippen molar-refractivity contribution in [2.75, 3.05) is 34.4 Å². The molecule has 1 heterocycles. The number of methoxy groups -OCH3 is 2. The third kappa shape index (κ3) is 3.40. The molecule has 8 heteroatoms. The van der Waals surface area contributed by atoms with Gasteiger partial charge in [-0.15, -0.1) is 0 Å². The molecule has 0 unspecified atom stereocenters. The maximum absolute atomic E-state index is 12.9. The van der Waals surface area contributed by atoms with E-state index in [1.54, 1.807) is 6.07 Å². The Bertz CT molecular complexity index is 628. The fourth-order valence-corrected chi connectivity index (χ4v) is 4.85. The van der Waals surface area contributed by atoms with Gasteiger partial charge in [-0.2, -0.15) is 4.31 Å². The van der Waals surface area contributed by atoms with Crippen LogP contribution in [-0.4, -0.2) is 53.1 Å². The van der Waals surface area contributed by atoms with Crippen LogP contribution in [0.1, 0.15) is 12.8 Å². The summed E-state index contributed by atoms with van der Waals surface area (Å²) in [5.41, 5.74) is 0. The van der Waals surface area contributed by atoms with Gasteiger partial charge in [0.2, 0.25) is 10.0 Å². The second-order valence-corrected chi connectivity index (χ2v) is 7.87. The lowest BCUT2D eigenvalue weighted by Crippen LogP contribution is -2.43. The average molecular weight is 393 g/mol. The highest BCUT2D eigenvalue weighted by molar-refractivity contribution is 9.10. The number of nitrogens with one attached hydrogen (secondary N) is 1. The van der Waals surface area contributed by atoms with Crippen molar-refractivity contribution in [3.63, 3.8) is 0 Å². The topological polar surface area (TPSA) is 67.9 Å². The number of ether oxygens (including phenoxy) is 2. The van der Waals surface area contributed by atoms with Crippen LogP contribution in [0.15, 0.2) is 21.5 Å². The Balaban J connectivity index is 2.35. The van der Waals surface area contributed by atoms with Crippen molar-refractivity contribution in [1.29, 1.82) is 0 Å². The highest BCUT2D eigenvalue weighted by Crippen LogP contribution is 2.37.